The lowest BCUT2D eigenvalue weighted by Crippen LogP contribution is -2.47. The topological polar surface area (TPSA) is 107 Å². The molecule has 0 fully saturated rings. The van der Waals surface area contributed by atoms with Crippen LogP contribution in [0.3, 0.4) is 0 Å². The van der Waals surface area contributed by atoms with E-state index in [-0.39, 0.29) is 17.7 Å². The molecule has 2 amide bonds. The molecule has 0 aliphatic heterocycles. The molecule has 0 saturated carbocycles. The number of carbonyl (C=O) groups excluding carboxylic acids is 3. The minimum atomic E-state index is -2.96. The lowest BCUT2D eigenvalue weighted by Gasteiger charge is -2.16. The van der Waals surface area contributed by atoms with Crippen LogP contribution >= 0.6 is 0 Å². The Bertz CT molecular complexity index is 1050. The SMILES string of the molecule is NC(=O)C(=O)[C@@H](Cc1ccccc1)NC(=O)c1cn(C(F)F)nc1-c1ccccc1. The van der Waals surface area contributed by atoms with E-state index in [1.165, 1.54) is 0 Å². The lowest BCUT2D eigenvalue weighted by molar-refractivity contribution is -0.137. The smallest absolute Gasteiger partial charge is 0.333 e. The van der Waals surface area contributed by atoms with Gasteiger partial charge in [0.2, 0.25) is 5.78 Å². The zero-order chi connectivity index (χ0) is 21.7. The highest BCUT2D eigenvalue weighted by molar-refractivity contribution is 6.38. The van der Waals surface area contributed by atoms with Crippen molar-refractivity contribution >= 4 is 17.6 Å². The number of nitrogens with two attached hydrogens (primary N) is 1. The lowest BCUT2D eigenvalue weighted by atomic mass is 10.0. The number of rotatable bonds is 8. The van der Waals surface area contributed by atoms with Gasteiger partial charge in [-0.3, -0.25) is 14.4 Å². The summed E-state index contributed by atoms with van der Waals surface area (Å²) < 4.78 is 26.7. The van der Waals surface area contributed by atoms with Crippen LogP contribution in [0.4, 0.5) is 8.78 Å². The van der Waals surface area contributed by atoms with E-state index < -0.39 is 30.2 Å². The summed E-state index contributed by atoms with van der Waals surface area (Å²) in [6, 6.07) is 15.8. The monoisotopic (exact) mass is 412 g/mol. The van der Waals surface area contributed by atoms with Gasteiger partial charge in [-0.25, -0.2) is 4.68 Å². The molecule has 0 bridgehead atoms. The predicted molar refractivity (Wildman–Crippen MR) is 105 cm³/mol. The first-order chi connectivity index (χ1) is 14.4. The molecule has 1 atom stereocenters. The van der Waals surface area contributed by atoms with E-state index in [0.29, 0.717) is 15.8 Å². The van der Waals surface area contributed by atoms with Crippen molar-refractivity contribution in [2.75, 3.05) is 0 Å². The Balaban J connectivity index is 1.93. The average Bonchev–Trinajstić information content (AvgIpc) is 3.20. The maximum Gasteiger partial charge on any atom is 0.333 e. The molecule has 1 aromatic heterocycles. The Labute approximate surface area is 170 Å². The van der Waals surface area contributed by atoms with Crippen LogP contribution in [0.5, 0.6) is 0 Å². The number of Topliss-reactive ketones (excluding diaryl/α,β-unsaturated/α-hetero) is 1. The summed E-state index contributed by atoms with van der Waals surface area (Å²) in [6.07, 6.45) is 0.911. The van der Waals surface area contributed by atoms with Crippen LogP contribution in [0.25, 0.3) is 11.3 Å². The van der Waals surface area contributed by atoms with Crippen LogP contribution in [0.1, 0.15) is 22.5 Å². The van der Waals surface area contributed by atoms with E-state index in [1.54, 1.807) is 60.7 Å². The number of carbonyl (C=O) groups is 3. The number of benzene rings is 2. The number of primary amides is 1. The van der Waals surface area contributed by atoms with Crippen LogP contribution in [0, 0.1) is 0 Å². The van der Waals surface area contributed by atoms with E-state index in [2.05, 4.69) is 10.4 Å². The Morgan fingerprint density at radius 3 is 2.17 bits per heavy atom. The average molecular weight is 412 g/mol. The molecular formula is C21H18F2N4O3. The molecule has 3 rings (SSSR count). The molecule has 0 saturated heterocycles. The van der Waals surface area contributed by atoms with Crippen molar-refractivity contribution < 1.29 is 23.2 Å². The maximum atomic E-state index is 13.2. The fraction of sp³-hybridized carbons (Fsp3) is 0.143. The van der Waals surface area contributed by atoms with E-state index in [9.17, 15) is 23.2 Å². The van der Waals surface area contributed by atoms with Crippen molar-refractivity contribution in [2.24, 2.45) is 5.73 Å². The second-order valence-corrected chi connectivity index (χ2v) is 6.46. The Kier molecular flexibility index (Phi) is 6.31. The van der Waals surface area contributed by atoms with Crippen LogP contribution in [-0.4, -0.2) is 33.4 Å². The third kappa shape index (κ3) is 4.75. The highest BCUT2D eigenvalue weighted by Gasteiger charge is 2.28. The number of hydrogen-bond acceptors (Lipinski definition) is 4. The van der Waals surface area contributed by atoms with Gasteiger partial charge >= 0.3 is 6.55 Å². The fourth-order valence-electron chi connectivity index (χ4n) is 2.93. The molecule has 0 aliphatic carbocycles. The standard InChI is InChI=1S/C21H18F2N4O3/c22-21(23)27-12-15(17(26-27)14-9-5-2-6-10-14)20(30)25-16(18(28)19(24)29)11-13-7-3-1-4-8-13/h1-10,12,16,21H,11H2,(H2,24,29)(H,25,30)/t16-/m1/s1. The quantitative estimate of drug-likeness (QED) is 0.554. The molecule has 30 heavy (non-hydrogen) atoms. The summed E-state index contributed by atoms with van der Waals surface area (Å²) in [5.74, 6) is -3.02. The predicted octanol–water partition coefficient (Wildman–Crippen LogP) is 2.34. The maximum absolute atomic E-state index is 13.2. The summed E-state index contributed by atoms with van der Waals surface area (Å²) >= 11 is 0. The van der Waals surface area contributed by atoms with Crippen molar-refractivity contribution in [1.82, 2.24) is 15.1 Å². The van der Waals surface area contributed by atoms with E-state index in [0.717, 1.165) is 6.20 Å². The third-order valence-electron chi connectivity index (χ3n) is 4.37. The van der Waals surface area contributed by atoms with Crippen molar-refractivity contribution in [3.8, 4) is 11.3 Å². The van der Waals surface area contributed by atoms with Gasteiger partial charge in [0.05, 0.1) is 5.56 Å². The number of nitrogens with one attached hydrogen (secondary N) is 1. The van der Waals surface area contributed by atoms with Crippen LogP contribution in [0.2, 0.25) is 0 Å². The number of aromatic nitrogens is 2. The molecule has 0 radical (unpaired) electrons. The number of hydrogen-bond donors (Lipinski definition) is 2. The highest BCUT2D eigenvalue weighted by atomic mass is 19.3. The molecule has 3 N–H and O–H groups in total. The Morgan fingerprint density at radius 1 is 1.00 bits per heavy atom. The van der Waals surface area contributed by atoms with E-state index >= 15 is 0 Å². The van der Waals surface area contributed by atoms with Gasteiger partial charge in [-0.1, -0.05) is 60.7 Å². The number of alkyl halides is 2. The van der Waals surface area contributed by atoms with Gasteiger partial charge in [0.1, 0.15) is 11.7 Å². The minimum absolute atomic E-state index is 0.0119. The first-order valence-corrected chi connectivity index (χ1v) is 8.98. The van der Waals surface area contributed by atoms with E-state index in [1.807, 2.05) is 0 Å². The molecule has 0 unspecified atom stereocenters. The molecule has 0 aliphatic rings. The summed E-state index contributed by atoms with van der Waals surface area (Å²) in [4.78, 5) is 36.6. The molecule has 1 heterocycles. The van der Waals surface area contributed by atoms with Gasteiger partial charge in [-0.2, -0.15) is 13.9 Å². The van der Waals surface area contributed by atoms with Gasteiger partial charge in [0.25, 0.3) is 11.8 Å². The number of halogens is 2. The van der Waals surface area contributed by atoms with Gasteiger partial charge in [0, 0.05) is 18.2 Å². The highest BCUT2D eigenvalue weighted by Crippen LogP contribution is 2.24. The van der Waals surface area contributed by atoms with Crippen LogP contribution < -0.4 is 11.1 Å². The third-order valence-corrected chi connectivity index (χ3v) is 4.37. The molecule has 3 aromatic rings. The Morgan fingerprint density at radius 2 is 1.60 bits per heavy atom. The zero-order valence-electron chi connectivity index (χ0n) is 15.7. The first kappa shape index (κ1) is 20.8. The summed E-state index contributed by atoms with van der Waals surface area (Å²) in [5, 5.41) is 6.24. The largest absolute Gasteiger partial charge is 0.363 e. The molecule has 0 spiro atoms. The number of amides is 2. The van der Waals surface area contributed by atoms with Gasteiger partial charge in [0.15, 0.2) is 0 Å². The summed E-state index contributed by atoms with van der Waals surface area (Å²) in [6.45, 7) is -2.96. The van der Waals surface area contributed by atoms with Crippen molar-refractivity contribution in [3.05, 3.63) is 78.0 Å². The Hall–Kier alpha value is -3.88. The molecular weight excluding hydrogens is 394 g/mol. The second-order valence-electron chi connectivity index (χ2n) is 6.46. The minimum Gasteiger partial charge on any atom is -0.363 e. The zero-order valence-corrected chi connectivity index (χ0v) is 15.7. The van der Waals surface area contributed by atoms with Crippen LogP contribution in [0.15, 0.2) is 66.9 Å². The number of nitrogens with zero attached hydrogens (tertiary/aromatic N) is 2. The van der Waals surface area contributed by atoms with Gasteiger partial charge in [-0.15, -0.1) is 0 Å². The van der Waals surface area contributed by atoms with Crippen molar-refractivity contribution in [2.45, 2.75) is 19.0 Å². The van der Waals surface area contributed by atoms with Crippen LogP contribution in [-0.2, 0) is 16.0 Å². The van der Waals surface area contributed by atoms with Gasteiger partial charge < -0.3 is 11.1 Å². The van der Waals surface area contributed by atoms with Gasteiger partial charge in [-0.05, 0) is 5.56 Å². The number of ketones is 1. The first-order valence-electron chi connectivity index (χ1n) is 8.98. The molecule has 9 heteroatoms. The summed E-state index contributed by atoms with van der Waals surface area (Å²) in [5.41, 5.74) is 6.12. The molecule has 154 valence electrons. The molecule has 2 aromatic carbocycles. The van der Waals surface area contributed by atoms with Crippen molar-refractivity contribution in [3.63, 3.8) is 0 Å². The fourth-order valence-corrected chi connectivity index (χ4v) is 2.93. The second kappa shape index (κ2) is 9.08. The summed E-state index contributed by atoms with van der Waals surface area (Å²) in [7, 11) is 0. The normalized spacial score (nSPS) is 11.8. The van der Waals surface area contributed by atoms with E-state index in [4.69, 9.17) is 5.73 Å². The van der Waals surface area contributed by atoms with Crippen molar-refractivity contribution in [1.29, 1.82) is 0 Å². The molecule has 7 nitrogen and oxygen atoms in total.